The van der Waals surface area contributed by atoms with Crippen molar-refractivity contribution in [3.05, 3.63) is 71.0 Å². The lowest BCUT2D eigenvalue weighted by atomic mass is 9.87. The van der Waals surface area contributed by atoms with Crippen molar-refractivity contribution in [1.82, 2.24) is 10.2 Å². The number of hydrogen-bond acceptors (Lipinski definition) is 5. The molecule has 2 N–H and O–H groups in total. The Kier molecular flexibility index (Phi) is 7.40. The van der Waals surface area contributed by atoms with E-state index in [4.69, 9.17) is 0 Å². The number of benzene rings is 2. The van der Waals surface area contributed by atoms with Crippen molar-refractivity contribution in [3.63, 3.8) is 0 Å². The lowest BCUT2D eigenvalue weighted by Crippen LogP contribution is -2.53. The molecule has 2 aromatic carbocycles. The molecule has 6 nitrogen and oxygen atoms in total. The van der Waals surface area contributed by atoms with E-state index in [0.717, 1.165) is 5.56 Å². The molecule has 0 spiro atoms. The largest absolute Gasteiger partial charge is 0.388 e. The molecule has 0 aromatic heterocycles. The van der Waals surface area contributed by atoms with Gasteiger partial charge in [0, 0.05) is 32.6 Å². The Balaban J connectivity index is 1.49. The summed E-state index contributed by atoms with van der Waals surface area (Å²) in [5.41, 5.74) is 1.56. The van der Waals surface area contributed by atoms with E-state index in [9.17, 15) is 18.3 Å². The van der Waals surface area contributed by atoms with Gasteiger partial charge in [-0.15, -0.1) is 0 Å². The summed E-state index contributed by atoms with van der Waals surface area (Å²) in [7, 11) is -3.55. The van der Waals surface area contributed by atoms with Crippen LogP contribution in [0.5, 0.6) is 0 Å². The van der Waals surface area contributed by atoms with Crippen LogP contribution in [0.3, 0.4) is 0 Å². The smallest absolute Gasteiger partial charge is 0.219 e. The molecular weight excluding hydrogens is 455 g/mol. The molecule has 184 valence electrons. The fourth-order valence-corrected chi connectivity index (χ4v) is 7.60. The number of aliphatic hydroxyl groups is 1. The number of nitrogens with one attached hydrogen (secondary N) is 1. The molecule has 4 atom stereocenters. The molecule has 2 aliphatic heterocycles. The van der Waals surface area contributed by atoms with Crippen LogP contribution in [0.1, 0.15) is 54.7 Å². The summed E-state index contributed by atoms with van der Waals surface area (Å²) in [5, 5.41) is 12.7. The molecule has 2 fully saturated rings. The lowest BCUT2D eigenvalue weighted by Gasteiger charge is -2.36. The maximum absolute atomic E-state index is 15.1. The molecule has 2 unspecified atom stereocenters. The lowest BCUT2D eigenvalue weighted by molar-refractivity contribution is -0.130. The number of sulfone groups is 1. The molecule has 0 saturated carbocycles. The molecule has 8 heteroatoms. The Bertz CT molecular complexity index is 1120. The van der Waals surface area contributed by atoms with Gasteiger partial charge < -0.3 is 15.3 Å². The third kappa shape index (κ3) is 5.04. The van der Waals surface area contributed by atoms with Crippen LogP contribution in [0.25, 0.3) is 0 Å². The van der Waals surface area contributed by atoms with Gasteiger partial charge in [0.15, 0.2) is 9.84 Å². The van der Waals surface area contributed by atoms with Crippen molar-refractivity contribution in [2.24, 2.45) is 5.92 Å². The van der Waals surface area contributed by atoms with E-state index in [1.54, 1.807) is 17.0 Å². The van der Waals surface area contributed by atoms with Gasteiger partial charge in [-0.1, -0.05) is 42.5 Å². The number of carbonyl (C=O) groups excluding carboxylic acids is 1. The summed E-state index contributed by atoms with van der Waals surface area (Å²) in [6.45, 7) is 4.87. The third-order valence-corrected chi connectivity index (χ3v) is 10.1. The Morgan fingerprint density at radius 2 is 1.85 bits per heavy atom. The number of aliphatic hydroxyl groups excluding tert-OH is 1. The molecule has 0 aliphatic carbocycles. The quantitative estimate of drug-likeness (QED) is 0.675. The molecule has 2 saturated heterocycles. The predicted octanol–water partition coefficient (Wildman–Crippen LogP) is 3.18. The van der Waals surface area contributed by atoms with E-state index in [1.165, 1.54) is 13.0 Å². The topological polar surface area (TPSA) is 86.7 Å². The van der Waals surface area contributed by atoms with Crippen molar-refractivity contribution in [2.75, 3.05) is 19.6 Å². The molecule has 2 heterocycles. The second-order valence-electron chi connectivity index (χ2n) is 9.57. The SMILES string of the molecule is CC(=O)N1CCC(C(O)c2ccc(CC3[C@H](C)NC[C@@H](c4ccccc4)S3(=O)=O)c(F)c2)CC1. The van der Waals surface area contributed by atoms with Crippen molar-refractivity contribution in [2.45, 2.75) is 55.8 Å². The van der Waals surface area contributed by atoms with Crippen LogP contribution in [0, 0.1) is 11.7 Å². The third-order valence-electron chi connectivity index (χ3n) is 7.44. The number of likely N-dealkylation sites (tertiary alicyclic amines) is 1. The van der Waals surface area contributed by atoms with Crippen LogP contribution in [0.4, 0.5) is 4.39 Å². The Labute approximate surface area is 201 Å². The molecule has 34 heavy (non-hydrogen) atoms. The maximum atomic E-state index is 15.1. The average molecular weight is 489 g/mol. The average Bonchev–Trinajstić information content (AvgIpc) is 2.82. The molecule has 0 radical (unpaired) electrons. The minimum Gasteiger partial charge on any atom is -0.388 e. The van der Waals surface area contributed by atoms with Gasteiger partial charge in [0.05, 0.1) is 16.6 Å². The first kappa shape index (κ1) is 24.8. The fraction of sp³-hybridized carbons (Fsp3) is 0.500. The van der Waals surface area contributed by atoms with Crippen LogP contribution in [0.2, 0.25) is 0 Å². The Hall–Kier alpha value is -2.29. The molecule has 2 aromatic rings. The Morgan fingerprint density at radius 3 is 2.47 bits per heavy atom. The first-order valence-electron chi connectivity index (χ1n) is 11.9. The zero-order valence-corrected chi connectivity index (χ0v) is 20.5. The highest BCUT2D eigenvalue weighted by Crippen LogP contribution is 2.34. The number of halogens is 1. The van der Waals surface area contributed by atoms with E-state index < -0.39 is 32.3 Å². The van der Waals surface area contributed by atoms with Crippen molar-refractivity contribution < 1.29 is 22.7 Å². The second kappa shape index (κ2) is 10.1. The number of piperidine rings is 1. The van der Waals surface area contributed by atoms with E-state index in [-0.39, 0.29) is 24.3 Å². The minimum atomic E-state index is -3.55. The van der Waals surface area contributed by atoms with E-state index in [1.807, 2.05) is 37.3 Å². The van der Waals surface area contributed by atoms with Crippen LogP contribution < -0.4 is 5.32 Å². The van der Waals surface area contributed by atoms with Crippen molar-refractivity contribution in [3.8, 4) is 0 Å². The van der Waals surface area contributed by atoms with Crippen LogP contribution in [-0.4, -0.2) is 55.3 Å². The highest BCUT2D eigenvalue weighted by Gasteiger charge is 2.42. The van der Waals surface area contributed by atoms with Crippen molar-refractivity contribution in [1.29, 1.82) is 0 Å². The van der Waals surface area contributed by atoms with Crippen LogP contribution in [0.15, 0.2) is 48.5 Å². The highest BCUT2D eigenvalue weighted by molar-refractivity contribution is 7.92. The highest BCUT2D eigenvalue weighted by atomic mass is 32.2. The van der Waals surface area contributed by atoms with Gasteiger partial charge in [-0.25, -0.2) is 12.8 Å². The molecular formula is C26H33FN2O4S. The summed E-state index contributed by atoms with van der Waals surface area (Å²) in [6.07, 6.45) is 0.571. The number of rotatable bonds is 5. The number of amides is 1. The second-order valence-corrected chi connectivity index (χ2v) is 11.9. The van der Waals surface area contributed by atoms with E-state index >= 15 is 4.39 Å². The van der Waals surface area contributed by atoms with Gasteiger partial charge in [0.1, 0.15) is 5.82 Å². The minimum absolute atomic E-state index is 0.0271. The summed E-state index contributed by atoms with van der Waals surface area (Å²) >= 11 is 0. The molecule has 0 bridgehead atoms. The van der Waals surface area contributed by atoms with Gasteiger partial charge in [-0.2, -0.15) is 0 Å². The number of nitrogens with zero attached hydrogens (tertiary/aromatic N) is 1. The number of hydrogen-bond donors (Lipinski definition) is 2. The zero-order valence-electron chi connectivity index (χ0n) is 19.7. The molecule has 2 aliphatic rings. The Morgan fingerprint density at radius 1 is 1.18 bits per heavy atom. The van der Waals surface area contributed by atoms with Gasteiger partial charge in [0.25, 0.3) is 0 Å². The van der Waals surface area contributed by atoms with Crippen molar-refractivity contribution >= 4 is 15.7 Å². The van der Waals surface area contributed by atoms with Gasteiger partial charge in [0.2, 0.25) is 5.91 Å². The van der Waals surface area contributed by atoms with Gasteiger partial charge >= 0.3 is 0 Å². The normalized spacial score (nSPS) is 26.2. The van der Waals surface area contributed by atoms with Gasteiger partial charge in [-0.3, -0.25) is 4.79 Å². The van der Waals surface area contributed by atoms with Crippen LogP contribution in [-0.2, 0) is 21.1 Å². The molecule has 1 amide bonds. The predicted molar refractivity (Wildman–Crippen MR) is 129 cm³/mol. The molecule has 4 rings (SSSR count). The van der Waals surface area contributed by atoms with E-state index in [0.29, 0.717) is 43.6 Å². The first-order chi connectivity index (χ1) is 16.2. The maximum Gasteiger partial charge on any atom is 0.219 e. The summed E-state index contributed by atoms with van der Waals surface area (Å²) in [5.74, 6) is -0.517. The summed E-state index contributed by atoms with van der Waals surface area (Å²) in [6, 6.07) is 13.5. The van der Waals surface area contributed by atoms with Gasteiger partial charge in [-0.05, 0) is 54.9 Å². The fourth-order valence-electron chi connectivity index (χ4n) is 5.24. The van der Waals surface area contributed by atoms with E-state index in [2.05, 4.69) is 5.32 Å². The summed E-state index contributed by atoms with van der Waals surface area (Å²) in [4.78, 5) is 13.3. The number of carbonyl (C=O) groups is 1. The standard InChI is InChI=1S/C26H33FN2O4S/c1-17-24(34(32,33)25(16-28-17)19-6-4-3-5-7-19)15-21-8-9-22(14-23(21)27)26(31)20-10-12-29(13-11-20)18(2)30/h3-9,14,17,20,24-26,28,31H,10-13,15-16H2,1-2H3/t17-,24?,25-,26?/m0/s1. The monoisotopic (exact) mass is 488 g/mol. The van der Waals surface area contributed by atoms with Crippen LogP contribution >= 0.6 is 0 Å². The zero-order chi connectivity index (χ0) is 24.5. The first-order valence-corrected chi connectivity index (χ1v) is 13.5. The summed E-state index contributed by atoms with van der Waals surface area (Å²) < 4.78 is 42.1.